The summed E-state index contributed by atoms with van der Waals surface area (Å²) >= 11 is 0. The van der Waals surface area contributed by atoms with Crippen molar-refractivity contribution in [1.29, 1.82) is 0 Å². The van der Waals surface area contributed by atoms with Crippen LogP contribution in [0, 0.1) is 0 Å². The van der Waals surface area contributed by atoms with Gasteiger partial charge in [-0.05, 0) is 36.0 Å². The highest BCUT2D eigenvalue weighted by atomic mass is 16.5. The van der Waals surface area contributed by atoms with E-state index in [9.17, 15) is 5.11 Å². The van der Waals surface area contributed by atoms with Crippen molar-refractivity contribution in [3.63, 3.8) is 0 Å². The molecule has 0 radical (unpaired) electrons. The quantitative estimate of drug-likeness (QED) is 0.816. The van der Waals surface area contributed by atoms with Crippen LogP contribution >= 0.6 is 0 Å². The third kappa shape index (κ3) is 3.22. The van der Waals surface area contributed by atoms with Crippen LogP contribution in [0.3, 0.4) is 0 Å². The van der Waals surface area contributed by atoms with Gasteiger partial charge in [-0.3, -0.25) is 0 Å². The average molecular weight is 236 g/mol. The number of aliphatic hydroxyl groups excluding tert-OH is 1. The van der Waals surface area contributed by atoms with Crippen molar-refractivity contribution in [2.24, 2.45) is 0 Å². The summed E-state index contributed by atoms with van der Waals surface area (Å²) in [5.41, 5.74) is 2.46. The van der Waals surface area contributed by atoms with Crippen LogP contribution < -0.4 is 4.74 Å². The Kier molecular flexibility index (Phi) is 5.49. The first-order valence-electron chi connectivity index (χ1n) is 6.46. The Hall–Kier alpha value is -1.02. The summed E-state index contributed by atoms with van der Waals surface area (Å²) in [6, 6.07) is 6.36. The lowest BCUT2D eigenvalue weighted by molar-refractivity contribution is 0.269. The summed E-state index contributed by atoms with van der Waals surface area (Å²) < 4.78 is 5.36. The SMILES string of the molecule is CCC(CC)c1ccc(OC)c(C(C)CO)c1. The van der Waals surface area contributed by atoms with Crippen LogP contribution in [0.5, 0.6) is 5.75 Å². The predicted molar refractivity (Wildman–Crippen MR) is 71.8 cm³/mol. The molecular formula is C15H24O2. The third-order valence-corrected chi connectivity index (χ3v) is 3.52. The molecular weight excluding hydrogens is 212 g/mol. The lowest BCUT2D eigenvalue weighted by Crippen LogP contribution is -2.04. The van der Waals surface area contributed by atoms with E-state index in [2.05, 4.69) is 26.0 Å². The molecule has 0 amide bonds. The van der Waals surface area contributed by atoms with Crippen LogP contribution in [0.1, 0.15) is 56.6 Å². The molecule has 2 heteroatoms. The lowest BCUT2D eigenvalue weighted by Gasteiger charge is -2.18. The molecule has 1 aromatic rings. The van der Waals surface area contributed by atoms with Crippen LogP contribution in [0.15, 0.2) is 18.2 Å². The molecule has 0 bridgehead atoms. The Balaban J connectivity index is 3.12. The van der Waals surface area contributed by atoms with Gasteiger partial charge in [0, 0.05) is 12.5 Å². The van der Waals surface area contributed by atoms with E-state index in [4.69, 9.17) is 4.74 Å². The van der Waals surface area contributed by atoms with Crippen LogP contribution in [0.2, 0.25) is 0 Å². The molecule has 1 atom stereocenters. The Bertz CT molecular complexity index is 343. The van der Waals surface area contributed by atoms with Crippen molar-refractivity contribution < 1.29 is 9.84 Å². The second-order valence-corrected chi connectivity index (χ2v) is 4.60. The normalized spacial score (nSPS) is 12.8. The van der Waals surface area contributed by atoms with Crippen LogP contribution in [0.25, 0.3) is 0 Å². The van der Waals surface area contributed by atoms with Gasteiger partial charge in [-0.1, -0.05) is 32.9 Å². The van der Waals surface area contributed by atoms with Crippen LogP contribution in [-0.4, -0.2) is 18.8 Å². The molecule has 96 valence electrons. The fourth-order valence-electron chi connectivity index (χ4n) is 2.25. The number of hydrogen-bond acceptors (Lipinski definition) is 2. The van der Waals surface area contributed by atoms with E-state index in [0.717, 1.165) is 24.2 Å². The van der Waals surface area contributed by atoms with E-state index in [0.29, 0.717) is 5.92 Å². The van der Waals surface area contributed by atoms with Crippen molar-refractivity contribution in [3.05, 3.63) is 29.3 Å². The lowest BCUT2D eigenvalue weighted by atomic mass is 9.90. The Morgan fingerprint density at radius 3 is 2.35 bits per heavy atom. The van der Waals surface area contributed by atoms with E-state index >= 15 is 0 Å². The Labute approximate surface area is 105 Å². The number of aliphatic hydroxyl groups is 1. The van der Waals surface area contributed by atoms with Gasteiger partial charge in [0.25, 0.3) is 0 Å². The molecule has 2 nitrogen and oxygen atoms in total. The number of methoxy groups -OCH3 is 1. The zero-order valence-corrected chi connectivity index (χ0v) is 11.4. The van der Waals surface area contributed by atoms with Gasteiger partial charge in [0.2, 0.25) is 0 Å². The predicted octanol–water partition coefficient (Wildman–Crippen LogP) is 3.69. The average Bonchev–Trinajstić information content (AvgIpc) is 2.39. The van der Waals surface area contributed by atoms with Gasteiger partial charge in [-0.15, -0.1) is 0 Å². The van der Waals surface area contributed by atoms with Crippen molar-refractivity contribution in [2.45, 2.75) is 45.4 Å². The highest BCUT2D eigenvalue weighted by Crippen LogP contribution is 2.32. The van der Waals surface area contributed by atoms with Crippen molar-refractivity contribution >= 4 is 0 Å². The largest absolute Gasteiger partial charge is 0.496 e. The molecule has 0 saturated heterocycles. The molecule has 17 heavy (non-hydrogen) atoms. The number of hydrogen-bond donors (Lipinski definition) is 1. The minimum Gasteiger partial charge on any atom is -0.496 e. The van der Waals surface area contributed by atoms with Crippen molar-refractivity contribution in [3.8, 4) is 5.75 Å². The summed E-state index contributed by atoms with van der Waals surface area (Å²) in [7, 11) is 1.68. The first-order chi connectivity index (χ1) is 8.17. The smallest absolute Gasteiger partial charge is 0.122 e. The first-order valence-corrected chi connectivity index (χ1v) is 6.46. The molecule has 1 rings (SSSR count). The summed E-state index contributed by atoms with van der Waals surface area (Å²) in [6.07, 6.45) is 2.30. The molecule has 0 aliphatic heterocycles. The highest BCUT2D eigenvalue weighted by molar-refractivity contribution is 5.40. The van der Waals surface area contributed by atoms with Crippen molar-refractivity contribution in [1.82, 2.24) is 0 Å². The zero-order valence-electron chi connectivity index (χ0n) is 11.4. The van der Waals surface area contributed by atoms with Crippen LogP contribution in [0.4, 0.5) is 0 Å². The van der Waals surface area contributed by atoms with Gasteiger partial charge in [0.05, 0.1) is 7.11 Å². The van der Waals surface area contributed by atoms with Crippen LogP contribution in [-0.2, 0) is 0 Å². The standard InChI is InChI=1S/C15H24O2/c1-5-12(6-2)13-7-8-15(17-4)14(9-13)11(3)10-16/h7-9,11-12,16H,5-6,10H2,1-4H3. The summed E-state index contributed by atoms with van der Waals surface area (Å²) in [5, 5.41) is 9.30. The number of ether oxygens (including phenoxy) is 1. The minimum absolute atomic E-state index is 0.124. The van der Waals surface area contributed by atoms with E-state index in [-0.39, 0.29) is 12.5 Å². The second kappa shape index (κ2) is 6.65. The fraction of sp³-hybridized carbons (Fsp3) is 0.600. The van der Waals surface area contributed by atoms with Crippen molar-refractivity contribution in [2.75, 3.05) is 13.7 Å². The molecule has 0 heterocycles. The topological polar surface area (TPSA) is 29.5 Å². The molecule has 0 aromatic heterocycles. The molecule has 0 spiro atoms. The summed E-state index contributed by atoms with van der Waals surface area (Å²) in [5.74, 6) is 1.60. The number of benzene rings is 1. The van der Waals surface area contributed by atoms with Gasteiger partial charge >= 0.3 is 0 Å². The maximum atomic E-state index is 9.30. The molecule has 1 unspecified atom stereocenters. The fourth-order valence-corrected chi connectivity index (χ4v) is 2.25. The Morgan fingerprint density at radius 1 is 1.24 bits per heavy atom. The number of rotatable bonds is 6. The Morgan fingerprint density at radius 2 is 1.88 bits per heavy atom. The first kappa shape index (κ1) is 14.0. The maximum absolute atomic E-state index is 9.30. The molecule has 0 aliphatic carbocycles. The third-order valence-electron chi connectivity index (χ3n) is 3.52. The molecule has 1 N–H and O–H groups in total. The van der Waals surface area contributed by atoms with E-state index < -0.39 is 0 Å². The summed E-state index contributed by atoms with van der Waals surface area (Å²) in [6.45, 7) is 6.61. The van der Waals surface area contributed by atoms with Gasteiger partial charge in [-0.25, -0.2) is 0 Å². The van der Waals surface area contributed by atoms with Gasteiger partial charge < -0.3 is 9.84 Å². The molecule has 1 aromatic carbocycles. The molecule has 0 fully saturated rings. The van der Waals surface area contributed by atoms with E-state index in [1.807, 2.05) is 13.0 Å². The van der Waals surface area contributed by atoms with E-state index in [1.54, 1.807) is 7.11 Å². The highest BCUT2D eigenvalue weighted by Gasteiger charge is 2.14. The minimum atomic E-state index is 0.124. The zero-order chi connectivity index (χ0) is 12.8. The second-order valence-electron chi connectivity index (χ2n) is 4.60. The maximum Gasteiger partial charge on any atom is 0.122 e. The molecule has 0 aliphatic rings. The summed E-state index contributed by atoms with van der Waals surface area (Å²) in [4.78, 5) is 0. The van der Waals surface area contributed by atoms with Gasteiger partial charge in [0.1, 0.15) is 5.75 Å². The van der Waals surface area contributed by atoms with Gasteiger partial charge in [0.15, 0.2) is 0 Å². The molecule has 0 saturated carbocycles. The van der Waals surface area contributed by atoms with Gasteiger partial charge in [-0.2, -0.15) is 0 Å². The van der Waals surface area contributed by atoms with E-state index in [1.165, 1.54) is 5.56 Å². The monoisotopic (exact) mass is 236 g/mol.